The predicted octanol–water partition coefficient (Wildman–Crippen LogP) is 4.15. The number of halogens is 2. The topological polar surface area (TPSA) is 57.6 Å². The Morgan fingerprint density at radius 2 is 1.67 bits per heavy atom. The van der Waals surface area contributed by atoms with Crippen molar-refractivity contribution in [1.29, 1.82) is 0 Å². The molecule has 0 aliphatic carbocycles. The Kier molecular flexibility index (Phi) is 4.47. The van der Waals surface area contributed by atoms with Gasteiger partial charge in [-0.15, -0.1) is 0 Å². The number of ketones is 1. The lowest BCUT2D eigenvalue weighted by atomic mass is 9.95. The summed E-state index contributed by atoms with van der Waals surface area (Å²) < 4.78 is 0.851. The fourth-order valence-electron chi connectivity index (χ4n) is 2.75. The van der Waals surface area contributed by atoms with E-state index in [2.05, 4.69) is 15.9 Å². The molecule has 122 valence electrons. The summed E-state index contributed by atoms with van der Waals surface area (Å²) in [5, 5.41) is 11.2. The molecule has 0 radical (unpaired) electrons. The highest BCUT2D eigenvalue weighted by atomic mass is 79.9. The van der Waals surface area contributed by atoms with E-state index in [0.717, 1.165) is 4.47 Å². The van der Waals surface area contributed by atoms with E-state index in [9.17, 15) is 14.7 Å². The molecule has 1 aliphatic rings. The number of nitrogens with zero attached hydrogens (tertiary/aromatic N) is 1. The van der Waals surface area contributed by atoms with Gasteiger partial charge in [-0.05, 0) is 29.8 Å². The highest BCUT2D eigenvalue weighted by Gasteiger charge is 2.44. The van der Waals surface area contributed by atoms with Gasteiger partial charge in [-0.3, -0.25) is 9.59 Å². The minimum absolute atomic E-state index is 0.0761. The number of likely N-dealkylation sites (tertiary alicyclic amines) is 1. The van der Waals surface area contributed by atoms with E-state index >= 15 is 0 Å². The average molecular weight is 407 g/mol. The molecule has 3 rings (SSSR count). The fraction of sp³-hybridized carbons (Fsp3) is 0.111. The van der Waals surface area contributed by atoms with Crippen molar-refractivity contribution >= 4 is 45.0 Å². The van der Waals surface area contributed by atoms with Crippen LogP contribution in [0.4, 0.5) is 0 Å². The summed E-state index contributed by atoms with van der Waals surface area (Å²) >= 11 is 9.23. The second-order valence-electron chi connectivity index (χ2n) is 5.47. The maximum Gasteiger partial charge on any atom is 0.295 e. The number of carbonyl (C=O) groups excluding carboxylic acids is 2. The van der Waals surface area contributed by atoms with Crippen LogP contribution in [0.25, 0.3) is 5.76 Å². The molecule has 1 N–H and O–H groups in total. The fourth-order valence-corrected chi connectivity index (χ4v) is 3.14. The Morgan fingerprint density at radius 3 is 2.25 bits per heavy atom. The van der Waals surface area contributed by atoms with Crippen LogP contribution in [0.2, 0.25) is 5.02 Å². The number of benzene rings is 2. The smallest absolute Gasteiger partial charge is 0.295 e. The molecule has 0 unspecified atom stereocenters. The van der Waals surface area contributed by atoms with Crippen molar-refractivity contribution in [2.24, 2.45) is 0 Å². The van der Waals surface area contributed by atoms with Gasteiger partial charge >= 0.3 is 0 Å². The first-order chi connectivity index (χ1) is 11.4. The molecule has 0 aromatic heterocycles. The second kappa shape index (κ2) is 6.42. The number of likely N-dealkylation sites (N-methyl/N-ethyl adjacent to an activating group) is 1. The molecule has 1 heterocycles. The highest BCUT2D eigenvalue weighted by molar-refractivity contribution is 9.10. The normalized spacial score (nSPS) is 19.8. The number of aliphatic hydroxyl groups is 1. The minimum Gasteiger partial charge on any atom is -0.507 e. The molecule has 1 saturated heterocycles. The zero-order valence-electron chi connectivity index (χ0n) is 12.7. The second-order valence-corrected chi connectivity index (χ2v) is 6.82. The van der Waals surface area contributed by atoms with Crippen LogP contribution >= 0.6 is 27.5 Å². The van der Waals surface area contributed by atoms with E-state index in [1.807, 2.05) is 0 Å². The number of hydrogen-bond acceptors (Lipinski definition) is 3. The molecule has 1 atom stereocenters. The van der Waals surface area contributed by atoms with E-state index in [1.54, 1.807) is 55.6 Å². The summed E-state index contributed by atoms with van der Waals surface area (Å²) in [6.45, 7) is 0. The monoisotopic (exact) mass is 405 g/mol. The number of carbonyl (C=O) groups is 2. The molecule has 0 spiro atoms. The number of hydrogen-bond donors (Lipinski definition) is 1. The molecule has 6 heteroatoms. The summed E-state index contributed by atoms with van der Waals surface area (Å²) in [6, 6.07) is 13.1. The molecule has 0 bridgehead atoms. The van der Waals surface area contributed by atoms with Crippen LogP contribution < -0.4 is 0 Å². The zero-order valence-corrected chi connectivity index (χ0v) is 15.0. The SMILES string of the molecule is CN1C(=O)C(=O)C(=C(O)c2ccc(Br)cc2)[C@H]1c1ccc(Cl)cc1. The molecule has 1 aliphatic heterocycles. The van der Waals surface area contributed by atoms with Gasteiger partial charge in [0.2, 0.25) is 0 Å². The molecule has 2 aromatic rings. The van der Waals surface area contributed by atoms with Crippen LogP contribution in [0.3, 0.4) is 0 Å². The van der Waals surface area contributed by atoms with Gasteiger partial charge in [0.15, 0.2) is 0 Å². The van der Waals surface area contributed by atoms with Crippen molar-refractivity contribution in [2.75, 3.05) is 7.05 Å². The van der Waals surface area contributed by atoms with Crippen molar-refractivity contribution in [3.05, 3.63) is 74.7 Å². The van der Waals surface area contributed by atoms with Gasteiger partial charge in [-0.25, -0.2) is 0 Å². The van der Waals surface area contributed by atoms with Crippen LogP contribution in [0.5, 0.6) is 0 Å². The zero-order chi connectivity index (χ0) is 17.4. The Labute approximate surface area is 152 Å². The Balaban J connectivity index is 2.16. The third-order valence-electron chi connectivity index (χ3n) is 3.98. The quantitative estimate of drug-likeness (QED) is 0.463. The third-order valence-corrected chi connectivity index (χ3v) is 4.76. The Bertz CT molecular complexity index is 844. The van der Waals surface area contributed by atoms with Gasteiger partial charge in [-0.2, -0.15) is 0 Å². The molecular weight excluding hydrogens is 394 g/mol. The summed E-state index contributed by atoms with van der Waals surface area (Å²) in [5.41, 5.74) is 1.26. The summed E-state index contributed by atoms with van der Waals surface area (Å²) in [6.07, 6.45) is 0. The van der Waals surface area contributed by atoms with Crippen molar-refractivity contribution in [3.63, 3.8) is 0 Å². The van der Waals surface area contributed by atoms with E-state index in [1.165, 1.54) is 4.90 Å². The minimum atomic E-state index is -0.696. The average Bonchev–Trinajstić information content (AvgIpc) is 2.80. The maximum atomic E-state index is 12.4. The molecule has 0 saturated carbocycles. The highest BCUT2D eigenvalue weighted by Crippen LogP contribution is 2.38. The van der Waals surface area contributed by atoms with Crippen molar-refractivity contribution in [3.8, 4) is 0 Å². The van der Waals surface area contributed by atoms with Crippen molar-refractivity contribution in [1.82, 2.24) is 4.90 Å². The van der Waals surface area contributed by atoms with Crippen molar-refractivity contribution in [2.45, 2.75) is 6.04 Å². The standard InChI is InChI=1S/C18H13BrClNO3/c1-21-15(10-4-8-13(20)9-5-10)14(17(23)18(21)24)16(22)11-2-6-12(19)7-3-11/h2-9,15,22H,1H3/t15-/m1/s1. The van der Waals surface area contributed by atoms with Gasteiger partial charge in [0.25, 0.3) is 11.7 Å². The van der Waals surface area contributed by atoms with Gasteiger partial charge in [-0.1, -0.05) is 51.8 Å². The Hall–Kier alpha value is -2.11. The lowest BCUT2D eigenvalue weighted by molar-refractivity contribution is -0.139. The van der Waals surface area contributed by atoms with Gasteiger partial charge < -0.3 is 10.0 Å². The lowest BCUT2D eigenvalue weighted by Gasteiger charge is -2.21. The van der Waals surface area contributed by atoms with Crippen LogP contribution in [-0.2, 0) is 9.59 Å². The summed E-state index contributed by atoms with van der Waals surface area (Å²) in [7, 11) is 1.54. The summed E-state index contributed by atoms with van der Waals surface area (Å²) in [4.78, 5) is 25.9. The first kappa shape index (κ1) is 16.7. The van der Waals surface area contributed by atoms with E-state index in [-0.39, 0.29) is 11.3 Å². The van der Waals surface area contributed by atoms with E-state index in [4.69, 9.17) is 11.6 Å². The Morgan fingerprint density at radius 1 is 1.08 bits per heavy atom. The van der Waals surface area contributed by atoms with Gasteiger partial charge in [0, 0.05) is 22.1 Å². The molecule has 24 heavy (non-hydrogen) atoms. The largest absolute Gasteiger partial charge is 0.507 e. The van der Waals surface area contributed by atoms with Crippen molar-refractivity contribution < 1.29 is 14.7 Å². The molecular formula is C18H13BrClNO3. The van der Waals surface area contributed by atoms with Crippen LogP contribution in [0, 0.1) is 0 Å². The number of rotatable bonds is 2. The number of Topliss-reactive ketones (excluding diaryl/α,β-unsaturated/α-hetero) is 1. The van der Waals surface area contributed by atoms with E-state index in [0.29, 0.717) is 16.1 Å². The van der Waals surface area contributed by atoms with Crippen LogP contribution in [-0.4, -0.2) is 28.7 Å². The summed E-state index contributed by atoms with van der Waals surface area (Å²) in [5.74, 6) is -1.53. The molecule has 2 aromatic carbocycles. The third kappa shape index (κ3) is 2.85. The molecule has 1 amide bonds. The predicted molar refractivity (Wildman–Crippen MR) is 95.7 cm³/mol. The molecule has 4 nitrogen and oxygen atoms in total. The lowest BCUT2D eigenvalue weighted by Crippen LogP contribution is -2.24. The van der Waals surface area contributed by atoms with Gasteiger partial charge in [0.1, 0.15) is 5.76 Å². The number of amides is 1. The van der Waals surface area contributed by atoms with Crippen LogP contribution in [0.15, 0.2) is 58.6 Å². The maximum absolute atomic E-state index is 12.4. The number of aliphatic hydroxyl groups excluding tert-OH is 1. The van der Waals surface area contributed by atoms with E-state index < -0.39 is 17.7 Å². The molecule has 1 fully saturated rings. The first-order valence-corrected chi connectivity index (χ1v) is 8.33. The van der Waals surface area contributed by atoms with Crippen LogP contribution in [0.1, 0.15) is 17.2 Å². The van der Waals surface area contributed by atoms with Gasteiger partial charge in [0.05, 0.1) is 11.6 Å². The first-order valence-electron chi connectivity index (χ1n) is 7.16.